The first-order chi connectivity index (χ1) is 9.07. The third kappa shape index (κ3) is 2.52. The number of fused-ring (bicyclic) bond motifs is 1. The number of aromatic nitrogens is 3. The molecule has 0 spiro atoms. The van der Waals surface area contributed by atoms with Crippen molar-refractivity contribution in [3.05, 3.63) is 11.6 Å². The summed E-state index contributed by atoms with van der Waals surface area (Å²) in [6, 6.07) is 0. The predicted octanol–water partition coefficient (Wildman–Crippen LogP) is -0.330. The van der Waals surface area contributed by atoms with Gasteiger partial charge in [0.05, 0.1) is 12.1 Å². The summed E-state index contributed by atoms with van der Waals surface area (Å²) in [6.07, 6.45) is 1.75. The fourth-order valence-electron chi connectivity index (χ4n) is 3.33. The highest BCUT2D eigenvalue weighted by Crippen LogP contribution is 2.33. The lowest BCUT2D eigenvalue weighted by Crippen LogP contribution is -2.58. The molecule has 0 aliphatic carbocycles. The molecule has 0 saturated carbocycles. The van der Waals surface area contributed by atoms with Crippen LogP contribution in [0.1, 0.15) is 24.5 Å². The van der Waals surface area contributed by atoms with Crippen molar-refractivity contribution in [3.8, 4) is 0 Å². The van der Waals surface area contributed by atoms with Crippen LogP contribution in [0.25, 0.3) is 0 Å². The van der Waals surface area contributed by atoms with E-state index in [0.29, 0.717) is 5.92 Å². The molecule has 0 radical (unpaired) electrons. The molecule has 2 aliphatic rings. The first-order valence-electron chi connectivity index (χ1n) is 7.09. The van der Waals surface area contributed by atoms with Crippen LogP contribution in [0.2, 0.25) is 0 Å². The molecule has 0 unspecified atom stereocenters. The fraction of sp³-hybridized carbons (Fsp3) is 0.846. The molecule has 1 aromatic heterocycles. The van der Waals surface area contributed by atoms with Gasteiger partial charge in [0.2, 0.25) is 0 Å². The molecule has 2 atom stereocenters. The summed E-state index contributed by atoms with van der Waals surface area (Å²) >= 11 is 0. The minimum atomic E-state index is -0.447. The number of piperidine rings is 2. The summed E-state index contributed by atoms with van der Waals surface area (Å²) < 4.78 is 1.86. The number of hydrogen-bond donors (Lipinski definition) is 2. The Labute approximate surface area is 113 Å². The molecular formula is C13H23N5O. The van der Waals surface area contributed by atoms with Crippen molar-refractivity contribution >= 4 is 0 Å². The van der Waals surface area contributed by atoms with E-state index in [0.717, 1.165) is 57.2 Å². The minimum Gasteiger partial charge on any atom is -0.389 e. The number of aliphatic hydroxyl groups is 1. The molecule has 2 fully saturated rings. The van der Waals surface area contributed by atoms with Crippen LogP contribution in [0.4, 0.5) is 0 Å². The van der Waals surface area contributed by atoms with E-state index < -0.39 is 5.60 Å². The maximum atomic E-state index is 10.6. The van der Waals surface area contributed by atoms with Gasteiger partial charge in [-0.2, -0.15) is 5.10 Å². The summed E-state index contributed by atoms with van der Waals surface area (Å²) in [6.45, 7) is 6.49. The number of nitrogens with zero attached hydrogens (tertiary/aromatic N) is 4. The zero-order chi connectivity index (χ0) is 13.5. The SMILES string of the molecule is Cc1nc(CN2CC[C@@]3(O)CCNC[C@H]3C2)n(C)n1. The normalized spacial score (nSPS) is 32.3. The van der Waals surface area contributed by atoms with Gasteiger partial charge in [-0.05, 0) is 26.3 Å². The molecular weight excluding hydrogens is 242 g/mol. The first kappa shape index (κ1) is 13.0. The van der Waals surface area contributed by atoms with Gasteiger partial charge in [0, 0.05) is 32.6 Å². The monoisotopic (exact) mass is 265 g/mol. The van der Waals surface area contributed by atoms with Gasteiger partial charge in [0.1, 0.15) is 11.6 Å². The van der Waals surface area contributed by atoms with Crippen molar-refractivity contribution in [2.75, 3.05) is 26.2 Å². The highest BCUT2D eigenvalue weighted by molar-refractivity contribution is 4.99. The molecule has 6 heteroatoms. The fourth-order valence-corrected chi connectivity index (χ4v) is 3.33. The maximum absolute atomic E-state index is 10.6. The molecule has 1 aromatic rings. The van der Waals surface area contributed by atoms with E-state index in [-0.39, 0.29) is 0 Å². The third-order valence-corrected chi connectivity index (χ3v) is 4.55. The van der Waals surface area contributed by atoms with Gasteiger partial charge in [0.25, 0.3) is 0 Å². The molecule has 0 amide bonds. The predicted molar refractivity (Wildman–Crippen MR) is 71.6 cm³/mol. The van der Waals surface area contributed by atoms with Crippen LogP contribution < -0.4 is 5.32 Å². The maximum Gasteiger partial charge on any atom is 0.147 e. The Morgan fingerprint density at radius 2 is 2.32 bits per heavy atom. The molecule has 106 valence electrons. The Morgan fingerprint density at radius 3 is 3.05 bits per heavy atom. The molecule has 2 N–H and O–H groups in total. The topological polar surface area (TPSA) is 66.2 Å². The van der Waals surface area contributed by atoms with E-state index >= 15 is 0 Å². The molecule has 3 rings (SSSR count). The molecule has 19 heavy (non-hydrogen) atoms. The lowest BCUT2D eigenvalue weighted by atomic mass is 9.76. The van der Waals surface area contributed by atoms with Crippen molar-refractivity contribution in [1.82, 2.24) is 25.0 Å². The van der Waals surface area contributed by atoms with Crippen LogP contribution in [0.5, 0.6) is 0 Å². The van der Waals surface area contributed by atoms with Crippen molar-refractivity contribution < 1.29 is 5.11 Å². The van der Waals surface area contributed by atoms with Gasteiger partial charge in [0.15, 0.2) is 0 Å². The number of aryl methyl sites for hydroxylation is 2. The summed E-state index contributed by atoms with van der Waals surface area (Å²) in [5, 5.41) is 18.3. The number of hydrogen-bond acceptors (Lipinski definition) is 5. The van der Waals surface area contributed by atoms with Gasteiger partial charge in [-0.15, -0.1) is 0 Å². The van der Waals surface area contributed by atoms with Crippen LogP contribution in [0.3, 0.4) is 0 Å². The molecule has 0 bridgehead atoms. The Bertz CT molecular complexity index is 460. The van der Waals surface area contributed by atoms with Gasteiger partial charge >= 0.3 is 0 Å². The second-order valence-electron chi connectivity index (χ2n) is 5.94. The first-order valence-corrected chi connectivity index (χ1v) is 7.09. The van der Waals surface area contributed by atoms with Crippen LogP contribution in [-0.4, -0.2) is 56.6 Å². The Morgan fingerprint density at radius 1 is 1.47 bits per heavy atom. The standard InChI is InChI=1S/C13H23N5O/c1-10-15-12(17(2)16-10)9-18-6-4-13(19)3-5-14-7-11(13)8-18/h11,14,19H,3-9H2,1-2H3/t11-,13-/m0/s1. The average Bonchev–Trinajstić information content (AvgIpc) is 2.68. The van der Waals surface area contributed by atoms with E-state index in [1.165, 1.54) is 0 Å². The van der Waals surface area contributed by atoms with Crippen molar-refractivity contribution in [2.24, 2.45) is 13.0 Å². The van der Waals surface area contributed by atoms with E-state index in [1.807, 2.05) is 18.7 Å². The second-order valence-corrected chi connectivity index (χ2v) is 5.94. The highest BCUT2D eigenvalue weighted by Gasteiger charge is 2.42. The Balaban J connectivity index is 1.66. The zero-order valence-corrected chi connectivity index (χ0v) is 11.8. The Kier molecular flexibility index (Phi) is 3.32. The van der Waals surface area contributed by atoms with Crippen molar-refractivity contribution in [3.63, 3.8) is 0 Å². The van der Waals surface area contributed by atoms with E-state index in [2.05, 4.69) is 20.3 Å². The van der Waals surface area contributed by atoms with Crippen molar-refractivity contribution in [2.45, 2.75) is 31.9 Å². The smallest absolute Gasteiger partial charge is 0.147 e. The highest BCUT2D eigenvalue weighted by atomic mass is 16.3. The number of nitrogens with one attached hydrogen (secondary N) is 1. The van der Waals surface area contributed by atoms with E-state index in [4.69, 9.17) is 0 Å². The molecule has 2 saturated heterocycles. The molecule has 6 nitrogen and oxygen atoms in total. The van der Waals surface area contributed by atoms with Crippen LogP contribution in [-0.2, 0) is 13.6 Å². The van der Waals surface area contributed by atoms with Crippen molar-refractivity contribution in [1.29, 1.82) is 0 Å². The largest absolute Gasteiger partial charge is 0.389 e. The quantitative estimate of drug-likeness (QED) is 0.766. The van der Waals surface area contributed by atoms with Gasteiger partial charge < -0.3 is 10.4 Å². The van der Waals surface area contributed by atoms with Crippen LogP contribution in [0.15, 0.2) is 0 Å². The molecule has 3 heterocycles. The van der Waals surface area contributed by atoms with Crippen LogP contribution >= 0.6 is 0 Å². The Hall–Kier alpha value is -0.980. The zero-order valence-electron chi connectivity index (χ0n) is 11.8. The van der Waals surface area contributed by atoms with Gasteiger partial charge in [-0.25, -0.2) is 4.98 Å². The van der Waals surface area contributed by atoms with Gasteiger partial charge in [-0.1, -0.05) is 0 Å². The number of rotatable bonds is 2. The minimum absolute atomic E-state index is 0.337. The summed E-state index contributed by atoms with van der Waals surface area (Å²) in [4.78, 5) is 6.84. The number of likely N-dealkylation sites (tertiary alicyclic amines) is 1. The van der Waals surface area contributed by atoms with Crippen LogP contribution in [0, 0.1) is 12.8 Å². The molecule has 0 aromatic carbocycles. The average molecular weight is 265 g/mol. The lowest BCUT2D eigenvalue weighted by Gasteiger charge is -2.47. The van der Waals surface area contributed by atoms with E-state index in [9.17, 15) is 5.11 Å². The molecule has 2 aliphatic heterocycles. The summed E-state index contributed by atoms with van der Waals surface area (Å²) in [5.74, 6) is 2.17. The van der Waals surface area contributed by atoms with E-state index in [1.54, 1.807) is 0 Å². The third-order valence-electron chi connectivity index (χ3n) is 4.55. The van der Waals surface area contributed by atoms with Gasteiger partial charge in [-0.3, -0.25) is 9.58 Å². The summed E-state index contributed by atoms with van der Waals surface area (Å²) in [5.41, 5.74) is -0.447. The lowest BCUT2D eigenvalue weighted by molar-refractivity contribution is -0.0904. The summed E-state index contributed by atoms with van der Waals surface area (Å²) in [7, 11) is 1.94. The second kappa shape index (κ2) is 4.85.